The summed E-state index contributed by atoms with van der Waals surface area (Å²) in [5.41, 5.74) is 1.41. The van der Waals surface area contributed by atoms with Crippen molar-refractivity contribution in [3.63, 3.8) is 0 Å². The van der Waals surface area contributed by atoms with Crippen molar-refractivity contribution in [3.8, 4) is 0 Å². The van der Waals surface area contributed by atoms with Gasteiger partial charge in [0.1, 0.15) is 5.56 Å². The molecule has 5 heteroatoms. The van der Waals surface area contributed by atoms with Crippen LogP contribution < -0.4 is 10.9 Å². The summed E-state index contributed by atoms with van der Waals surface area (Å²) < 4.78 is 0.890. The van der Waals surface area contributed by atoms with E-state index in [0.717, 1.165) is 15.4 Å². The second-order valence-electron chi connectivity index (χ2n) is 5.35. The summed E-state index contributed by atoms with van der Waals surface area (Å²) in [5.74, 6) is -0.385. The van der Waals surface area contributed by atoms with E-state index in [0.29, 0.717) is 5.52 Å². The fourth-order valence-corrected chi connectivity index (χ4v) is 2.82. The molecule has 3 rings (SSSR count). The molecular formula is C18H15BrN2O2. The van der Waals surface area contributed by atoms with Crippen molar-refractivity contribution in [1.29, 1.82) is 0 Å². The van der Waals surface area contributed by atoms with Crippen LogP contribution in [0.4, 0.5) is 0 Å². The maximum Gasteiger partial charge on any atom is 0.261 e. The molecule has 0 fully saturated rings. The fourth-order valence-electron chi connectivity index (χ4n) is 2.45. The number of hydrogen-bond acceptors (Lipinski definition) is 2. The Bertz CT molecular complexity index is 919. The Morgan fingerprint density at radius 1 is 1.13 bits per heavy atom. The maximum atomic E-state index is 12.4. The Hall–Kier alpha value is -2.40. The Morgan fingerprint density at radius 3 is 2.61 bits per heavy atom. The van der Waals surface area contributed by atoms with Gasteiger partial charge in [-0.1, -0.05) is 46.3 Å². The molecule has 23 heavy (non-hydrogen) atoms. The molecule has 0 aliphatic rings. The Balaban J connectivity index is 1.91. The predicted molar refractivity (Wildman–Crippen MR) is 94.6 cm³/mol. The van der Waals surface area contributed by atoms with Gasteiger partial charge in [-0.3, -0.25) is 9.59 Å². The predicted octanol–water partition coefficient (Wildman–Crippen LogP) is 3.78. The van der Waals surface area contributed by atoms with Crippen LogP contribution in [0.2, 0.25) is 0 Å². The van der Waals surface area contributed by atoms with E-state index in [2.05, 4.69) is 26.2 Å². The lowest BCUT2D eigenvalue weighted by atomic mass is 10.1. The van der Waals surface area contributed by atoms with Gasteiger partial charge >= 0.3 is 0 Å². The number of carbonyl (C=O) groups is 1. The number of amides is 1. The molecule has 3 aromatic rings. The van der Waals surface area contributed by atoms with Crippen molar-refractivity contribution in [1.82, 2.24) is 10.3 Å². The van der Waals surface area contributed by atoms with Crippen LogP contribution in [0.25, 0.3) is 10.9 Å². The highest BCUT2D eigenvalue weighted by molar-refractivity contribution is 9.10. The number of hydrogen-bond donors (Lipinski definition) is 2. The molecule has 0 bridgehead atoms. The number of aromatic amines is 1. The van der Waals surface area contributed by atoms with Gasteiger partial charge in [0, 0.05) is 15.4 Å². The standard InChI is InChI=1S/C18H15BrN2O2/c1-11(12-5-3-2-4-6-12)20-17(22)15-10-13-9-14(19)7-8-16(13)21-18(15)23/h2-11H,1H3,(H,20,22)(H,21,23). The van der Waals surface area contributed by atoms with E-state index in [1.807, 2.05) is 49.4 Å². The third-order valence-electron chi connectivity index (χ3n) is 3.70. The van der Waals surface area contributed by atoms with Gasteiger partial charge in [0.05, 0.1) is 6.04 Å². The van der Waals surface area contributed by atoms with E-state index >= 15 is 0 Å². The van der Waals surface area contributed by atoms with E-state index < -0.39 is 5.56 Å². The highest BCUT2D eigenvalue weighted by Gasteiger charge is 2.15. The van der Waals surface area contributed by atoms with Crippen LogP contribution in [0, 0.1) is 0 Å². The molecule has 0 spiro atoms. The van der Waals surface area contributed by atoms with Crippen molar-refractivity contribution in [2.24, 2.45) is 0 Å². The number of H-pyrrole nitrogens is 1. The molecule has 1 unspecified atom stereocenters. The number of halogens is 1. The molecular weight excluding hydrogens is 356 g/mol. The van der Waals surface area contributed by atoms with Gasteiger partial charge < -0.3 is 10.3 Å². The number of benzene rings is 2. The van der Waals surface area contributed by atoms with E-state index in [1.54, 1.807) is 12.1 Å². The molecule has 1 atom stereocenters. The van der Waals surface area contributed by atoms with Crippen LogP contribution >= 0.6 is 15.9 Å². The van der Waals surface area contributed by atoms with Gasteiger partial charge in [0.25, 0.3) is 11.5 Å². The van der Waals surface area contributed by atoms with Crippen LogP contribution in [0.5, 0.6) is 0 Å². The van der Waals surface area contributed by atoms with E-state index in [1.165, 1.54) is 0 Å². The summed E-state index contributed by atoms with van der Waals surface area (Å²) in [6.07, 6.45) is 0. The highest BCUT2D eigenvalue weighted by Crippen LogP contribution is 2.18. The largest absolute Gasteiger partial charge is 0.345 e. The number of rotatable bonds is 3. The van der Waals surface area contributed by atoms with Crippen molar-refractivity contribution < 1.29 is 4.79 Å². The Kier molecular flexibility index (Phi) is 4.30. The number of aromatic nitrogens is 1. The Morgan fingerprint density at radius 2 is 1.87 bits per heavy atom. The first-order valence-corrected chi connectivity index (χ1v) is 8.02. The van der Waals surface area contributed by atoms with E-state index in [4.69, 9.17) is 0 Å². The molecule has 4 nitrogen and oxygen atoms in total. The molecule has 2 N–H and O–H groups in total. The molecule has 0 radical (unpaired) electrons. The highest BCUT2D eigenvalue weighted by atomic mass is 79.9. The number of nitrogens with one attached hydrogen (secondary N) is 2. The van der Waals surface area contributed by atoms with Crippen LogP contribution in [0.1, 0.15) is 28.9 Å². The van der Waals surface area contributed by atoms with Gasteiger partial charge in [0.15, 0.2) is 0 Å². The SMILES string of the molecule is CC(NC(=O)c1cc2cc(Br)ccc2[nH]c1=O)c1ccccc1. The lowest BCUT2D eigenvalue weighted by Crippen LogP contribution is -2.31. The summed E-state index contributed by atoms with van der Waals surface area (Å²) in [4.78, 5) is 27.3. The minimum absolute atomic E-state index is 0.110. The summed E-state index contributed by atoms with van der Waals surface area (Å²) in [6.45, 7) is 1.89. The smallest absolute Gasteiger partial charge is 0.261 e. The molecule has 0 aliphatic heterocycles. The third-order valence-corrected chi connectivity index (χ3v) is 4.19. The number of carbonyl (C=O) groups excluding carboxylic acids is 1. The zero-order chi connectivity index (χ0) is 16.4. The first kappa shape index (κ1) is 15.5. The molecule has 116 valence electrons. The van der Waals surface area contributed by atoms with Gasteiger partial charge in [-0.05, 0) is 36.8 Å². The second kappa shape index (κ2) is 6.38. The topological polar surface area (TPSA) is 62.0 Å². The van der Waals surface area contributed by atoms with E-state index in [-0.39, 0.29) is 17.5 Å². The zero-order valence-corrected chi connectivity index (χ0v) is 14.1. The summed E-state index contributed by atoms with van der Waals surface area (Å²) in [5, 5.41) is 3.66. The monoisotopic (exact) mass is 370 g/mol. The lowest BCUT2D eigenvalue weighted by molar-refractivity contribution is 0.0938. The van der Waals surface area contributed by atoms with Crippen LogP contribution in [0.15, 0.2) is 63.9 Å². The van der Waals surface area contributed by atoms with Gasteiger partial charge in [-0.2, -0.15) is 0 Å². The summed E-state index contributed by atoms with van der Waals surface area (Å²) >= 11 is 3.39. The normalized spacial score (nSPS) is 12.1. The second-order valence-corrected chi connectivity index (χ2v) is 6.27. The zero-order valence-electron chi connectivity index (χ0n) is 12.5. The van der Waals surface area contributed by atoms with Crippen LogP contribution in [-0.2, 0) is 0 Å². The molecule has 0 saturated carbocycles. The average molecular weight is 371 g/mol. The number of pyridine rings is 1. The van der Waals surface area contributed by atoms with Gasteiger partial charge in [0.2, 0.25) is 0 Å². The molecule has 2 aromatic carbocycles. The minimum Gasteiger partial charge on any atom is -0.345 e. The first-order chi connectivity index (χ1) is 11.0. The molecule has 1 amide bonds. The van der Waals surface area contributed by atoms with Gasteiger partial charge in [-0.25, -0.2) is 0 Å². The van der Waals surface area contributed by atoms with Crippen LogP contribution in [-0.4, -0.2) is 10.9 Å². The molecule has 0 saturated heterocycles. The third kappa shape index (κ3) is 3.35. The summed E-state index contributed by atoms with van der Waals surface area (Å²) in [6, 6.07) is 16.6. The van der Waals surface area contributed by atoms with Crippen LogP contribution in [0.3, 0.4) is 0 Å². The maximum absolute atomic E-state index is 12.4. The number of fused-ring (bicyclic) bond motifs is 1. The van der Waals surface area contributed by atoms with Crippen molar-refractivity contribution in [3.05, 3.63) is 80.6 Å². The quantitative estimate of drug-likeness (QED) is 0.736. The Labute approximate surface area is 141 Å². The fraction of sp³-hybridized carbons (Fsp3) is 0.111. The molecule has 1 heterocycles. The minimum atomic E-state index is -0.391. The summed E-state index contributed by atoms with van der Waals surface area (Å²) in [7, 11) is 0. The van der Waals surface area contributed by atoms with Crippen molar-refractivity contribution in [2.75, 3.05) is 0 Å². The molecule has 0 aliphatic carbocycles. The lowest BCUT2D eigenvalue weighted by Gasteiger charge is -2.14. The molecule has 1 aromatic heterocycles. The van der Waals surface area contributed by atoms with Crippen molar-refractivity contribution >= 4 is 32.7 Å². The average Bonchev–Trinajstić information content (AvgIpc) is 2.55. The van der Waals surface area contributed by atoms with E-state index in [9.17, 15) is 9.59 Å². The van der Waals surface area contributed by atoms with Gasteiger partial charge in [-0.15, -0.1) is 0 Å². The first-order valence-electron chi connectivity index (χ1n) is 7.23. The van der Waals surface area contributed by atoms with Crippen molar-refractivity contribution in [2.45, 2.75) is 13.0 Å².